The summed E-state index contributed by atoms with van der Waals surface area (Å²) in [6.07, 6.45) is 11.7. The molecule has 0 bridgehead atoms. The predicted octanol–water partition coefficient (Wildman–Crippen LogP) is 3.63. The molecule has 20 heavy (non-hydrogen) atoms. The average Bonchev–Trinajstić information content (AvgIpc) is 2.81. The van der Waals surface area contributed by atoms with Crippen molar-refractivity contribution in [2.45, 2.75) is 70.3 Å². The van der Waals surface area contributed by atoms with Gasteiger partial charge in [0.25, 0.3) is 0 Å². The van der Waals surface area contributed by atoms with Crippen LogP contribution in [-0.2, 0) is 4.79 Å². The van der Waals surface area contributed by atoms with Crippen molar-refractivity contribution in [3.63, 3.8) is 0 Å². The first-order valence-corrected chi connectivity index (χ1v) is 8.49. The maximum absolute atomic E-state index is 11.7. The van der Waals surface area contributed by atoms with Gasteiger partial charge in [-0.25, -0.2) is 0 Å². The quantitative estimate of drug-likeness (QED) is 0.732. The molecule has 0 amide bonds. The van der Waals surface area contributed by atoms with Crippen molar-refractivity contribution < 1.29 is 9.90 Å². The fourth-order valence-corrected chi connectivity index (χ4v) is 6.18. The topological polar surface area (TPSA) is 37.3 Å². The zero-order valence-electron chi connectivity index (χ0n) is 12.5. The Bertz CT molecular complexity index is 480. The molecule has 0 aromatic carbocycles. The Kier molecular flexibility index (Phi) is 2.74. The van der Waals surface area contributed by atoms with Crippen LogP contribution in [0.25, 0.3) is 0 Å². The summed E-state index contributed by atoms with van der Waals surface area (Å²) in [4.78, 5) is 11.7. The lowest BCUT2D eigenvalue weighted by molar-refractivity contribution is -0.124. The Morgan fingerprint density at radius 1 is 1.10 bits per heavy atom. The molecular weight excluding hydrogens is 248 g/mol. The molecule has 2 nitrogen and oxygen atoms in total. The normalized spacial score (nSPS) is 51.0. The monoisotopic (exact) mass is 274 g/mol. The van der Waals surface area contributed by atoms with E-state index in [0.29, 0.717) is 30.1 Å². The number of hydrogen-bond acceptors (Lipinski definition) is 2. The number of carbonyl (C=O) groups excluding carboxylic acids is 1. The van der Waals surface area contributed by atoms with Crippen LogP contribution in [0.4, 0.5) is 0 Å². The average molecular weight is 274 g/mol. The van der Waals surface area contributed by atoms with Crippen LogP contribution < -0.4 is 0 Å². The van der Waals surface area contributed by atoms with Crippen molar-refractivity contribution in [1.82, 2.24) is 0 Å². The third-order valence-corrected chi connectivity index (χ3v) is 7.22. The van der Waals surface area contributed by atoms with E-state index in [-0.39, 0.29) is 5.78 Å². The lowest BCUT2D eigenvalue weighted by Gasteiger charge is -2.56. The fourth-order valence-electron chi connectivity index (χ4n) is 6.18. The summed E-state index contributed by atoms with van der Waals surface area (Å²) in [5, 5.41) is 11.3. The van der Waals surface area contributed by atoms with Gasteiger partial charge in [-0.2, -0.15) is 0 Å². The Hall–Kier alpha value is -0.630. The van der Waals surface area contributed by atoms with E-state index in [9.17, 15) is 9.90 Å². The zero-order chi connectivity index (χ0) is 14.0. The van der Waals surface area contributed by atoms with Crippen molar-refractivity contribution in [1.29, 1.82) is 0 Å². The summed E-state index contributed by atoms with van der Waals surface area (Å²) in [6.45, 7) is 2.49. The first-order chi connectivity index (χ1) is 9.53. The maximum atomic E-state index is 11.7. The van der Waals surface area contributed by atoms with Crippen molar-refractivity contribution in [3.8, 4) is 0 Å². The Morgan fingerprint density at radius 3 is 2.80 bits per heavy atom. The largest absolute Gasteiger partial charge is 0.385 e. The molecule has 0 radical (unpaired) electrons. The third-order valence-electron chi connectivity index (χ3n) is 7.22. The van der Waals surface area contributed by atoms with Crippen molar-refractivity contribution in [3.05, 3.63) is 11.6 Å². The van der Waals surface area contributed by atoms with E-state index in [0.717, 1.165) is 17.9 Å². The molecule has 110 valence electrons. The van der Waals surface area contributed by atoms with Gasteiger partial charge in [0.15, 0.2) is 5.78 Å². The van der Waals surface area contributed by atoms with Crippen LogP contribution >= 0.6 is 0 Å². The van der Waals surface area contributed by atoms with Gasteiger partial charge in [0.2, 0.25) is 0 Å². The second-order valence-corrected chi connectivity index (χ2v) is 8.06. The highest BCUT2D eigenvalue weighted by atomic mass is 16.3. The van der Waals surface area contributed by atoms with Gasteiger partial charge in [0.1, 0.15) is 0 Å². The van der Waals surface area contributed by atoms with Crippen molar-refractivity contribution >= 4 is 5.78 Å². The van der Waals surface area contributed by atoms with Crippen LogP contribution in [-0.4, -0.2) is 16.5 Å². The standard InChI is InChI=1S/C18H26O2/c1-17-8-2-3-15(17)14-5-4-12-11-13(19)6-10-18(12,20)16(14)7-9-17/h11,14-16,20H,2-10H2,1H3. The highest BCUT2D eigenvalue weighted by Crippen LogP contribution is 2.62. The van der Waals surface area contributed by atoms with E-state index >= 15 is 0 Å². The number of rotatable bonds is 0. The molecule has 3 saturated carbocycles. The first kappa shape index (κ1) is 13.1. The molecule has 5 unspecified atom stereocenters. The molecule has 4 aliphatic rings. The van der Waals surface area contributed by atoms with Gasteiger partial charge in [-0.1, -0.05) is 13.3 Å². The van der Waals surface area contributed by atoms with Gasteiger partial charge in [-0.15, -0.1) is 0 Å². The summed E-state index contributed by atoms with van der Waals surface area (Å²) in [5.41, 5.74) is 0.973. The SMILES string of the molecule is CC12CCCC1C1CCC3=CC(=O)CCC3(O)C1CC2. The van der Waals surface area contributed by atoms with E-state index in [4.69, 9.17) is 0 Å². The highest BCUT2D eigenvalue weighted by Gasteiger charge is 2.57. The molecule has 0 aromatic rings. The molecule has 4 rings (SSSR count). The molecule has 0 aromatic heterocycles. The number of fused-ring (bicyclic) bond motifs is 5. The van der Waals surface area contributed by atoms with Crippen LogP contribution in [0.15, 0.2) is 11.6 Å². The summed E-state index contributed by atoms with van der Waals surface area (Å²) >= 11 is 0. The highest BCUT2D eigenvalue weighted by molar-refractivity contribution is 5.92. The molecule has 2 heteroatoms. The van der Waals surface area contributed by atoms with Gasteiger partial charge >= 0.3 is 0 Å². The van der Waals surface area contributed by atoms with Gasteiger partial charge in [0, 0.05) is 6.42 Å². The predicted molar refractivity (Wildman–Crippen MR) is 78.2 cm³/mol. The van der Waals surface area contributed by atoms with Crippen LogP contribution in [0, 0.1) is 23.2 Å². The van der Waals surface area contributed by atoms with Gasteiger partial charge in [-0.3, -0.25) is 4.79 Å². The Labute approximate surface area is 121 Å². The Morgan fingerprint density at radius 2 is 1.95 bits per heavy atom. The second kappa shape index (κ2) is 4.19. The molecule has 0 saturated heterocycles. The van der Waals surface area contributed by atoms with Crippen molar-refractivity contribution in [2.24, 2.45) is 23.2 Å². The molecule has 0 aliphatic heterocycles. The summed E-state index contributed by atoms with van der Waals surface area (Å²) in [5.74, 6) is 2.17. The minimum atomic E-state index is -0.638. The minimum absolute atomic E-state index is 0.227. The van der Waals surface area contributed by atoms with Gasteiger partial charge in [-0.05, 0) is 79.8 Å². The van der Waals surface area contributed by atoms with Gasteiger partial charge < -0.3 is 5.11 Å². The van der Waals surface area contributed by atoms with E-state index < -0.39 is 5.60 Å². The van der Waals surface area contributed by atoms with Gasteiger partial charge in [0.05, 0.1) is 5.60 Å². The van der Waals surface area contributed by atoms with E-state index in [1.54, 1.807) is 6.08 Å². The summed E-state index contributed by atoms with van der Waals surface area (Å²) < 4.78 is 0. The van der Waals surface area contributed by atoms with Crippen LogP contribution in [0.2, 0.25) is 0 Å². The van der Waals surface area contributed by atoms with Crippen LogP contribution in [0.1, 0.15) is 64.7 Å². The fraction of sp³-hybridized carbons (Fsp3) is 0.833. The summed E-state index contributed by atoms with van der Waals surface area (Å²) in [6, 6.07) is 0. The molecular formula is C18H26O2. The molecule has 0 spiro atoms. The maximum Gasteiger partial charge on any atom is 0.155 e. The third kappa shape index (κ3) is 1.63. The van der Waals surface area contributed by atoms with E-state index in [2.05, 4.69) is 6.92 Å². The first-order valence-electron chi connectivity index (χ1n) is 8.49. The molecule has 0 heterocycles. The number of hydrogen-bond donors (Lipinski definition) is 1. The van der Waals surface area contributed by atoms with Crippen LogP contribution in [0.3, 0.4) is 0 Å². The zero-order valence-corrected chi connectivity index (χ0v) is 12.5. The lowest BCUT2D eigenvalue weighted by atomic mass is 9.51. The van der Waals surface area contributed by atoms with E-state index in [1.165, 1.54) is 38.5 Å². The second-order valence-electron chi connectivity index (χ2n) is 8.06. The minimum Gasteiger partial charge on any atom is -0.385 e. The van der Waals surface area contributed by atoms with Crippen molar-refractivity contribution in [2.75, 3.05) is 0 Å². The Balaban J connectivity index is 1.69. The molecule has 4 aliphatic carbocycles. The number of aliphatic hydroxyl groups is 1. The van der Waals surface area contributed by atoms with Crippen LogP contribution in [0.5, 0.6) is 0 Å². The number of ketones is 1. The molecule has 3 fully saturated rings. The lowest BCUT2D eigenvalue weighted by Crippen LogP contribution is -2.54. The van der Waals surface area contributed by atoms with E-state index in [1.807, 2.05) is 0 Å². The molecule has 5 atom stereocenters. The smallest absolute Gasteiger partial charge is 0.155 e. The number of carbonyl (C=O) groups is 1. The molecule has 1 N–H and O–H groups in total. The summed E-state index contributed by atoms with van der Waals surface area (Å²) in [7, 11) is 0.